The van der Waals surface area contributed by atoms with Crippen LogP contribution in [0, 0.1) is 0 Å². The standard InChI is InChI=1S/C18H28N2O2P2/c1-17(2,3)23(7,21)15-16(24(8,22)18(4,5)6)20-14-12-10-9-11-13(14)19-15/h9-12H,1-8H3. The number of benzene rings is 1. The van der Waals surface area contributed by atoms with E-state index in [9.17, 15) is 9.13 Å². The molecule has 0 saturated heterocycles. The molecule has 0 amide bonds. The van der Waals surface area contributed by atoms with Gasteiger partial charge < -0.3 is 9.13 Å². The molecular weight excluding hydrogens is 338 g/mol. The van der Waals surface area contributed by atoms with E-state index < -0.39 is 24.6 Å². The molecule has 2 atom stereocenters. The predicted octanol–water partition coefficient (Wildman–Crippen LogP) is 4.46. The van der Waals surface area contributed by atoms with Crippen LogP contribution in [-0.4, -0.2) is 33.6 Å². The SMILES string of the molecule is CC(C)(C)P(C)(=O)c1nc2ccccc2nc1P(C)(=O)C(C)(C)C. The fraction of sp³-hybridized carbons (Fsp3) is 0.556. The van der Waals surface area contributed by atoms with Gasteiger partial charge in [0.15, 0.2) is 0 Å². The number of fused-ring (bicyclic) bond motifs is 1. The van der Waals surface area contributed by atoms with Crippen molar-refractivity contribution in [2.75, 3.05) is 13.3 Å². The van der Waals surface area contributed by atoms with Gasteiger partial charge >= 0.3 is 0 Å². The first-order chi connectivity index (χ1) is 10.7. The maximum absolute atomic E-state index is 13.7. The Bertz CT molecular complexity index is 804. The smallest absolute Gasteiger partial charge is 0.137 e. The van der Waals surface area contributed by atoms with Gasteiger partial charge in [-0.1, -0.05) is 53.7 Å². The zero-order chi connectivity index (χ0) is 18.6. The Morgan fingerprint density at radius 2 is 1.00 bits per heavy atom. The minimum absolute atomic E-state index is 0.425. The number of nitrogens with zero attached hydrogens (tertiary/aromatic N) is 2. The Balaban J connectivity index is 2.95. The lowest BCUT2D eigenvalue weighted by atomic mass is 10.3. The second-order valence-electron chi connectivity index (χ2n) is 8.55. The van der Waals surface area contributed by atoms with Crippen molar-refractivity contribution in [1.82, 2.24) is 9.97 Å². The van der Waals surface area contributed by atoms with Crippen molar-refractivity contribution in [2.24, 2.45) is 0 Å². The zero-order valence-electron chi connectivity index (χ0n) is 15.9. The minimum Gasteiger partial charge on any atom is -0.317 e. The summed E-state index contributed by atoms with van der Waals surface area (Å²) in [5.41, 5.74) is 2.23. The third kappa shape index (κ3) is 3.11. The molecule has 0 fully saturated rings. The van der Waals surface area contributed by atoms with Crippen LogP contribution >= 0.6 is 14.3 Å². The second-order valence-corrected chi connectivity index (χ2v) is 15.8. The average molecular weight is 366 g/mol. The van der Waals surface area contributed by atoms with E-state index in [0.717, 1.165) is 0 Å². The van der Waals surface area contributed by atoms with Crippen LogP contribution in [0.5, 0.6) is 0 Å². The van der Waals surface area contributed by atoms with Crippen LogP contribution in [0.1, 0.15) is 41.5 Å². The summed E-state index contributed by atoms with van der Waals surface area (Å²) < 4.78 is 27.3. The molecule has 2 rings (SSSR count). The van der Waals surface area contributed by atoms with Gasteiger partial charge in [-0.2, -0.15) is 0 Å². The van der Waals surface area contributed by atoms with Crippen molar-refractivity contribution in [3.05, 3.63) is 24.3 Å². The molecule has 6 heteroatoms. The van der Waals surface area contributed by atoms with Crippen LogP contribution in [0.4, 0.5) is 0 Å². The van der Waals surface area contributed by atoms with Crippen molar-refractivity contribution in [1.29, 1.82) is 0 Å². The van der Waals surface area contributed by atoms with Crippen LogP contribution in [0.15, 0.2) is 24.3 Å². The molecule has 1 aromatic carbocycles. The molecule has 0 radical (unpaired) electrons. The molecule has 0 N–H and O–H groups in total. The van der Waals surface area contributed by atoms with E-state index in [-0.39, 0.29) is 0 Å². The summed E-state index contributed by atoms with van der Waals surface area (Å²) in [6, 6.07) is 7.48. The molecule has 132 valence electrons. The number of aromatic nitrogens is 2. The summed E-state index contributed by atoms with van der Waals surface area (Å²) in [6.45, 7) is 15.1. The van der Waals surface area contributed by atoms with Gasteiger partial charge in [-0.25, -0.2) is 9.97 Å². The van der Waals surface area contributed by atoms with Gasteiger partial charge in [0.25, 0.3) is 0 Å². The molecule has 2 unspecified atom stereocenters. The Hall–Kier alpha value is -0.980. The van der Waals surface area contributed by atoms with Crippen molar-refractivity contribution in [3.8, 4) is 0 Å². The molecular formula is C18H28N2O2P2. The lowest BCUT2D eigenvalue weighted by molar-refractivity contribution is 0.557. The fourth-order valence-electron chi connectivity index (χ4n) is 2.19. The normalized spacial score (nSPS) is 18.2. The first kappa shape index (κ1) is 19.3. The number of rotatable bonds is 2. The maximum atomic E-state index is 13.7. The van der Waals surface area contributed by atoms with Gasteiger partial charge in [-0.05, 0) is 25.5 Å². The van der Waals surface area contributed by atoms with Gasteiger partial charge in [0, 0.05) is 10.3 Å². The second kappa shape index (κ2) is 5.78. The number of hydrogen-bond acceptors (Lipinski definition) is 4. The van der Waals surface area contributed by atoms with Crippen LogP contribution < -0.4 is 10.9 Å². The van der Waals surface area contributed by atoms with Crippen molar-refractivity contribution in [2.45, 2.75) is 51.9 Å². The highest BCUT2D eigenvalue weighted by Gasteiger charge is 2.44. The Labute approximate surface area is 145 Å². The number of hydrogen-bond donors (Lipinski definition) is 0. The summed E-state index contributed by atoms with van der Waals surface area (Å²) in [7, 11) is -5.77. The van der Waals surface area contributed by atoms with E-state index in [4.69, 9.17) is 9.97 Å². The van der Waals surface area contributed by atoms with Gasteiger partial charge in [-0.3, -0.25) is 0 Å². The summed E-state index contributed by atoms with van der Waals surface area (Å²) >= 11 is 0. The summed E-state index contributed by atoms with van der Waals surface area (Å²) in [5, 5.41) is -0.951. The van der Waals surface area contributed by atoms with Gasteiger partial charge in [0.2, 0.25) is 0 Å². The molecule has 2 aromatic rings. The molecule has 1 heterocycles. The van der Waals surface area contributed by atoms with Crippen LogP contribution in [0.25, 0.3) is 11.0 Å². The topological polar surface area (TPSA) is 59.9 Å². The first-order valence-corrected chi connectivity index (χ1v) is 12.4. The van der Waals surface area contributed by atoms with E-state index in [0.29, 0.717) is 21.9 Å². The highest BCUT2D eigenvalue weighted by molar-refractivity contribution is 7.78. The summed E-state index contributed by atoms with van der Waals surface area (Å²) in [5.74, 6) is 0. The van der Waals surface area contributed by atoms with E-state index in [1.54, 1.807) is 13.3 Å². The lowest BCUT2D eigenvalue weighted by Crippen LogP contribution is -2.39. The van der Waals surface area contributed by atoms with Crippen molar-refractivity contribution < 1.29 is 9.13 Å². The average Bonchev–Trinajstić information content (AvgIpc) is 2.43. The van der Waals surface area contributed by atoms with Crippen LogP contribution in [0.3, 0.4) is 0 Å². The van der Waals surface area contributed by atoms with Crippen molar-refractivity contribution >= 4 is 36.2 Å². The van der Waals surface area contributed by atoms with Crippen LogP contribution in [-0.2, 0) is 9.13 Å². The van der Waals surface area contributed by atoms with E-state index in [1.807, 2.05) is 65.8 Å². The number of para-hydroxylation sites is 2. The molecule has 0 aliphatic rings. The highest BCUT2D eigenvalue weighted by atomic mass is 31.2. The minimum atomic E-state index is -2.88. The third-order valence-corrected chi connectivity index (χ3v) is 12.4. The predicted molar refractivity (Wildman–Crippen MR) is 105 cm³/mol. The van der Waals surface area contributed by atoms with E-state index in [1.165, 1.54) is 0 Å². The van der Waals surface area contributed by atoms with Gasteiger partial charge in [-0.15, -0.1) is 0 Å². The fourth-order valence-corrected chi connectivity index (χ4v) is 6.07. The molecule has 0 aliphatic carbocycles. The summed E-state index contributed by atoms with van der Waals surface area (Å²) in [4.78, 5) is 9.39. The monoisotopic (exact) mass is 366 g/mol. The molecule has 24 heavy (non-hydrogen) atoms. The largest absolute Gasteiger partial charge is 0.317 e. The Morgan fingerprint density at radius 3 is 1.25 bits per heavy atom. The Morgan fingerprint density at radius 1 is 0.708 bits per heavy atom. The first-order valence-electron chi connectivity index (χ1n) is 8.13. The molecule has 0 aliphatic heterocycles. The maximum Gasteiger partial charge on any atom is 0.137 e. The lowest BCUT2D eigenvalue weighted by Gasteiger charge is -2.33. The molecule has 0 bridgehead atoms. The van der Waals surface area contributed by atoms with Gasteiger partial charge in [0.1, 0.15) is 25.2 Å². The van der Waals surface area contributed by atoms with Gasteiger partial charge in [0.05, 0.1) is 11.0 Å². The van der Waals surface area contributed by atoms with Crippen molar-refractivity contribution in [3.63, 3.8) is 0 Å². The quantitative estimate of drug-likeness (QED) is 0.736. The van der Waals surface area contributed by atoms with Crippen LogP contribution in [0.2, 0.25) is 0 Å². The molecule has 0 spiro atoms. The molecule has 1 aromatic heterocycles. The van der Waals surface area contributed by atoms with E-state index >= 15 is 0 Å². The highest BCUT2D eigenvalue weighted by Crippen LogP contribution is 2.57. The molecule has 4 nitrogen and oxygen atoms in total. The van der Waals surface area contributed by atoms with E-state index in [2.05, 4.69) is 0 Å². The molecule has 0 saturated carbocycles. The zero-order valence-corrected chi connectivity index (χ0v) is 17.7. The third-order valence-electron chi connectivity index (χ3n) is 4.90. The Kier molecular flexibility index (Phi) is 4.66. The summed E-state index contributed by atoms with van der Waals surface area (Å²) in [6.07, 6.45) is 0.